The van der Waals surface area contributed by atoms with Crippen molar-refractivity contribution in [3.05, 3.63) is 6.33 Å². The molecule has 1 fully saturated rings. The fourth-order valence-corrected chi connectivity index (χ4v) is 2.20. The molecule has 1 atom stereocenters. The van der Waals surface area contributed by atoms with E-state index in [0.717, 1.165) is 6.42 Å². The van der Waals surface area contributed by atoms with Gasteiger partial charge < -0.3 is 25.4 Å². The Morgan fingerprint density at radius 2 is 2.43 bits per heavy atom. The molecule has 1 unspecified atom stereocenters. The van der Waals surface area contributed by atoms with E-state index in [1.54, 1.807) is 0 Å². The lowest BCUT2D eigenvalue weighted by Gasteiger charge is -2.35. The number of nitrogens with zero attached hydrogens (tertiary/aromatic N) is 3. The van der Waals surface area contributed by atoms with Crippen LogP contribution in [0.5, 0.6) is 5.88 Å². The molecule has 1 aliphatic heterocycles. The minimum atomic E-state index is -0.452. The third-order valence-electron chi connectivity index (χ3n) is 3.27. The van der Waals surface area contributed by atoms with Crippen LogP contribution in [0.15, 0.2) is 6.33 Å². The molecule has 1 saturated heterocycles. The van der Waals surface area contributed by atoms with Gasteiger partial charge in [0.05, 0.1) is 20.3 Å². The first-order valence-electron chi connectivity index (χ1n) is 6.95. The van der Waals surface area contributed by atoms with E-state index in [2.05, 4.69) is 15.3 Å². The van der Waals surface area contributed by atoms with E-state index in [-0.39, 0.29) is 5.91 Å². The summed E-state index contributed by atoms with van der Waals surface area (Å²) in [6.07, 6.45) is 2.25. The number of nitrogens with one attached hydrogen (secondary N) is 1. The molecule has 1 aromatic rings. The van der Waals surface area contributed by atoms with E-state index < -0.39 is 6.04 Å². The van der Waals surface area contributed by atoms with E-state index >= 15 is 0 Å². The smallest absolute Gasteiger partial charge is 0.245 e. The quantitative estimate of drug-likeness (QED) is 0.775. The van der Waals surface area contributed by atoms with Crippen LogP contribution in [0.25, 0.3) is 0 Å². The van der Waals surface area contributed by atoms with E-state index in [1.165, 1.54) is 13.4 Å². The molecule has 0 aliphatic carbocycles. The lowest BCUT2D eigenvalue weighted by molar-refractivity contribution is -0.124. The van der Waals surface area contributed by atoms with Crippen molar-refractivity contribution < 1.29 is 14.3 Å². The van der Waals surface area contributed by atoms with Gasteiger partial charge in [0, 0.05) is 13.1 Å². The van der Waals surface area contributed by atoms with Gasteiger partial charge >= 0.3 is 0 Å². The summed E-state index contributed by atoms with van der Waals surface area (Å²) in [6.45, 7) is 3.99. The zero-order valence-electron chi connectivity index (χ0n) is 12.3. The van der Waals surface area contributed by atoms with Gasteiger partial charge in [0.1, 0.15) is 18.1 Å². The van der Waals surface area contributed by atoms with Crippen LogP contribution in [0.2, 0.25) is 0 Å². The molecule has 3 N–H and O–H groups in total. The molecule has 1 aliphatic rings. The van der Waals surface area contributed by atoms with Crippen molar-refractivity contribution in [3.8, 4) is 5.88 Å². The fraction of sp³-hybridized carbons (Fsp3) is 0.615. The number of carbonyl (C=O) groups excluding carboxylic acids is 1. The van der Waals surface area contributed by atoms with Crippen LogP contribution < -0.4 is 20.7 Å². The summed E-state index contributed by atoms with van der Waals surface area (Å²) < 4.78 is 10.5. The number of carbonyl (C=O) groups is 1. The molecule has 2 rings (SSSR count). The summed E-state index contributed by atoms with van der Waals surface area (Å²) in [5.74, 6) is 0.717. The topological polar surface area (TPSA) is 103 Å². The van der Waals surface area contributed by atoms with Crippen molar-refractivity contribution in [3.63, 3.8) is 0 Å². The van der Waals surface area contributed by atoms with Crippen molar-refractivity contribution in [2.24, 2.45) is 0 Å². The zero-order chi connectivity index (χ0) is 15.2. The lowest BCUT2D eigenvalue weighted by Crippen LogP contribution is -2.54. The van der Waals surface area contributed by atoms with Gasteiger partial charge in [-0.3, -0.25) is 4.79 Å². The second-order valence-electron chi connectivity index (χ2n) is 4.70. The molecule has 0 bridgehead atoms. The normalized spacial score (nSPS) is 18.4. The number of hydrogen-bond acceptors (Lipinski definition) is 7. The standard InChI is InChI=1S/C13H21N5O3/c1-3-4-15-12(19)9-7-21-6-5-18(9)11-10(14)13(20-2)17-8-16-11/h8-9H,3-7,14H2,1-2H3,(H,15,19). The van der Waals surface area contributed by atoms with Gasteiger partial charge in [-0.15, -0.1) is 0 Å². The number of anilines is 2. The SMILES string of the molecule is CCCNC(=O)C1COCCN1c1ncnc(OC)c1N. The average Bonchev–Trinajstić information content (AvgIpc) is 2.53. The Balaban J connectivity index is 2.24. The number of ether oxygens (including phenoxy) is 2. The summed E-state index contributed by atoms with van der Waals surface area (Å²) in [4.78, 5) is 22.3. The van der Waals surface area contributed by atoms with E-state index in [4.69, 9.17) is 15.2 Å². The van der Waals surface area contributed by atoms with Crippen LogP contribution in [0.4, 0.5) is 11.5 Å². The predicted octanol–water partition coefficient (Wildman–Crippen LogP) is -0.201. The van der Waals surface area contributed by atoms with Gasteiger partial charge in [0.25, 0.3) is 0 Å². The second-order valence-corrected chi connectivity index (χ2v) is 4.70. The minimum Gasteiger partial charge on any atom is -0.479 e. The van der Waals surface area contributed by atoms with Gasteiger partial charge in [-0.2, -0.15) is 4.98 Å². The molecule has 0 radical (unpaired) electrons. The van der Waals surface area contributed by atoms with Crippen LogP contribution in [0, 0.1) is 0 Å². The molecule has 21 heavy (non-hydrogen) atoms. The fourth-order valence-electron chi connectivity index (χ4n) is 2.20. The minimum absolute atomic E-state index is 0.0893. The molecule has 0 aromatic carbocycles. The molecular weight excluding hydrogens is 274 g/mol. The van der Waals surface area contributed by atoms with Crippen molar-refractivity contribution >= 4 is 17.4 Å². The van der Waals surface area contributed by atoms with Crippen LogP contribution in [0.3, 0.4) is 0 Å². The number of amides is 1. The first-order valence-corrected chi connectivity index (χ1v) is 6.95. The molecule has 0 saturated carbocycles. The van der Waals surface area contributed by atoms with Crippen molar-refractivity contribution in [1.82, 2.24) is 15.3 Å². The van der Waals surface area contributed by atoms with Gasteiger partial charge in [-0.05, 0) is 6.42 Å². The summed E-state index contributed by atoms with van der Waals surface area (Å²) in [5.41, 5.74) is 6.35. The summed E-state index contributed by atoms with van der Waals surface area (Å²) in [7, 11) is 1.49. The maximum atomic E-state index is 12.3. The number of nitrogens with two attached hydrogens (primary N) is 1. The molecule has 1 amide bonds. The highest BCUT2D eigenvalue weighted by atomic mass is 16.5. The van der Waals surface area contributed by atoms with Crippen LogP contribution in [-0.4, -0.2) is 55.3 Å². The molecule has 8 heteroatoms. The third kappa shape index (κ3) is 3.33. The molecule has 0 spiro atoms. The summed E-state index contributed by atoms with van der Waals surface area (Å²) in [6, 6.07) is -0.452. The Labute approximate surface area is 123 Å². The Morgan fingerprint density at radius 1 is 1.62 bits per heavy atom. The van der Waals surface area contributed by atoms with Crippen molar-refractivity contribution in [1.29, 1.82) is 0 Å². The van der Waals surface area contributed by atoms with Crippen LogP contribution >= 0.6 is 0 Å². The number of aromatic nitrogens is 2. The Morgan fingerprint density at radius 3 is 3.14 bits per heavy atom. The van der Waals surface area contributed by atoms with E-state index in [0.29, 0.717) is 43.7 Å². The number of hydrogen-bond donors (Lipinski definition) is 2. The predicted molar refractivity (Wildman–Crippen MR) is 78.3 cm³/mol. The van der Waals surface area contributed by atoms with Gasteiger partial charge in [-0.25, -0.2) is 4.98 Å². The van der Waals surface area contributed by atoms with Gasteiger partial charge in [0.15, 0.2) is 5.82 Å². The van der Waals surface area contributed by atoms with Gasteiger partial charge in [-0.1, -0.05) is 6.92 Å². The molecule has 1 aromatic heterocycles. The highest BCUT2D eigenvalue weighted by Crippen LogP contribution is 2.29. The van der Waals surface area contributed by atoms with E-state index in [9.17, 15) is 4.79 Å². The van der Waals surface area contributed by atoms with Gasteiger partial charge in [0.2, 0.25) is 11.8 Å². The Kier molecular flexibility index (Phi) is 5.15. The van der Waals surface area contributed by atoms with E-state index in [1.807, 2.05) is 11.8 Å². The first-order chi connectivity index (χ1) is 10.2. The highest BCUT2D eigenvalue weighted by molar-refractivity contribution is 5.86. The van der Waals surface area contributed by atoms with Crippen LogP contribution in [0.1, 0.15) is 13.3 Å². The largest absolute Gasteiger partial charge is 0.479 e. The van der Waals surface area contributed by atoms with Crippen molar-refractivity contribution in [2.75, 3.05) is 44.0 Å². The lowest BCUT2D eigenvalue weighted by atomic mass is 10.2. The molecule has 2 heterocycles. The van der Waals surface area contributed by atoms with Crippen molar-refractivity contribution in [2.45, 2.75) is 19.4 Å². The first kappa shape index (κ1) is 15.3. The summed E-state index contributed by atoms with van der Waals surface area (Å²) >= 11 is 0. The number of morpholine rings is 1. The maximum absolute atomic E-state index is 12.3. The Bertz CT molecular complexity index is 497. The molecular formula is C13H21N5O3. The monoisotopic (exact) mass is 295 g/mol. The molecule has 8 nitrogen and oxygen atoms in total. The van der Waals surface area contributed by atoms with Crippen LogP contribution in [-0.2, 0) is 9.53 Å². The number of nitrogen functional groups attached to an aromatic ring is 1. The highest BCUT2D eigenvalue weighted by Gasteiger charge is 2.32. The average molecular weight is 295 g/mol. The zero-order valence-corrected chi connectivity index (χ0v) is 12.3. The number of rotatable bonds is 5. The molecule has 116 valence electrons. The summed E-state index contributed by atoms with van der Waals surface area (Å²) in [5, 5.41) is 2.87. The third-order valence-corrected chi connectivity index (χ3v) is 3.27. The Hall–Kier alpha value is -2.09. The maximum Gasteiger partial charge on any atom is 0.245 e. The second kappa shape index (κ2) is 7.07. The number of methoxy groups -OCH3 is 1.